The molecule has 6 heteroatoms. The molecule has 0 saturated carbocycles. The molecule has 0 radical (unpaired) electrons. The third-order valence-corrected chi connectivity index (χ3v) is 4.26. The fourth-order valence-corrected chi connectivity index (χ4v) is 2.75. The van der Waals surface area contributed by atoms with Crippen molar-refractivity contribution in [1.29, 1.82) is 5.26 Å². The fraction of sp³-hybridized carbons (Fsp3) is 0.211. The van der Waals surface area contributed by atoms with E-state index in [0.717, 1.165) is 4.90 Å². The summed E-state index contributed by atoms with van der Waals surface area (Å²) in [5.74, 6) is 0.607. The second-order valence-corrected chi connectivity index (χ2v) is 6.10. The minimum absolute atomic E-state index is 0.0655. The van der Waals surface area contributed by atoms with E-state index in [1.165, 1.54) is 11.8 Å². The number of ether oxygens (including phenoxy) is 1. The number of hydrogen-bond donors (Lipinski definition) is 1. The summed E-state index contributed by atoms with van der Waals surface area (Å²) in [6.45, 7) is 1.67. The zero-order valence-corrected chi connectivity index (χ0v) is 14.6. The molecule has 0 heterocycles. The second kappa shape index (κ2) is 9.50. The zero-order chi connectivity index (χ0) is 18.1. The third-order valence-electron chi connectivity index (χ3n) is 3.32. The minimum Gasteiger partial charge on any atom is -0.484 e. The van der Waals surface area contributed by atoms with Crippen LogP contribution in [0.5, 0.6) is 5.75 Å². The van der Waals surface area contributed by atoms with Crippen molar-refractivity contribution in [3.63, 3.8) is 0 Å². The molecule has 2 aromatic carbocycles. The number of anilines is 1. The number of thioether (sulfide) groups is 1. The van der Waals surface area contributed by atoms with Gasteiger partial charge >= 0.3 is 0 Å². The van der Waals surface area contributed by atoms with Crippen molar-refractivity contribution in [2.24, 2.45) is 0 Å². The monoisotopic (exact) mass is 354 g/mol. The molecule has 0 atom stereocenters. The van der Waals surface area contributed by atoms with Gasteiger partial charge in [-0.05, 0) is 36.4 Å². The number of nitriles is 1. The van der Waals surface area contributed by atoms with Gasteiger partial charge in [-0.25, -0.2) is 0 Å². The molecule has 0 saturated heterocycles. The number of amides is 1. The standard InChI is InChI=1S/C19H18N2O3S/c1-2-17(22)14-7-9-15(10-8-14)24-13-19(23)21-16-5-3-4-6-18(16)25-12-11-20/h3-10H,2,12-13H2,1H3,(H,21,23). The lowest BCUT2D eigenvalue weighted by Crippen LogP contribution is -2.20. The number of benzene rings is 2. The molecule has 25 heavy (non-hydrogen) atoms. The van der Waals surface area contributed by atoms with Crippen molar-refractivity contribution < 1.29 is 14.3 Å². The predicted octanol–water partition coefficient (Wildman–Crippen LogP) is 3.91. The topological polar surface area (TPSA) is 79.2 Å². The van der Waals surface area contributed by atoms with Crippen LogP contribution < -0.4 is 10.1 Å². The summed E-state index contributed by atoms with van der Waals surface area (Å²) < 4.78 is 5.45. The number of hydrogen-bond acceptors (Lipinski definition) is 5. The normalized spacial score (nSPS) is 9.92. The predicted molar refractivity (Wildman–Crippen MR) is 98.0 cm³/mol. The maximum Gasteiger partial charge on any atom is 0.262 e. The van der Waals surface area contributed by atoms with Crippen LogP contribution in [0.15, 0.2) is 53.4 Å². The van der Waals surface area contributed by atoms with Gasteiger partial charge in [0.05, 0.1) is 17.5 Å². The number of carbonyl (C=O) groups excluding carboxylic acids is 2. The maximum atomic E-state index is 12.1. The van der Waals surface area contributed by atoms with E-state index in [-0.39, 0.29) is 18.3 Å². The molecule has 5 nitrogen and oxygen atoms in total. The zero-order valence-electron chi connectivity index (χ0n) is 13.8. The molecule has 2 aromatic rings. The number of Topliss-reactive ketones (excluding diaryl/α,β-unsaturated/α-hetero) is 1. The van der Waals surface area contributed by atoms with Gasteiger partial charge in [-0.2, -0.15) is 5.26 Å². The molecule has 2 rings (SSSR count). The molecule has 0 unspecified atom stereocenters. The first-order valence-electron chi connectivity index (χ1n) is 7.78. The molecule has 1 amide bonds. The lowest BCUT2D eigenvalue weighted by atomic mass is 10.1. The highest BCUT2D eigenvalue weighted by atomic mass is 32.2. The number of nitrogens with one attached hydrogen (secondary N) is 1. The van der Waals surface area contributed by atoms with Gasteiger partial charge in [0.15, 0.2) is 12.4 Å². The van der Waals surface area contributed by atoms with Crippen LogP contribution in [0.2, 0.25) is 0 Å². The van der Waals surface area contributed by atoms with Crippen LogP contribution >= 0.6 is 11.8 Å². The van der Waals surface area contributed by atoms with E-state index >= 15 is 0 Å². The van der Waals surface area contributed by atoms with Crippen LogP contribution in [-0.2, 0) is 4.79 Å². The summed E-state index contributed by atoms with van der Waals surface area (Å²) in [7, 11) is 0. The summed E-state index contributed by atoms with van der Waals surface area (Å²) >= 11 is 1.36. The van der Waals surface area contributed by atoms with Crippen molar-refractivity contribution >= 4 is 29.1 Å². The fourth-order valence-electron chi connectivity index (χ4n) is 2.08. The SMILES string of the molecule is CCC(=O)c1ccc(OCC(=O)Nc2ccccc2SCC#N)cc1. The molecule has 0 bridgehead atoms. The van der Waals surface area contributed by atoms with Gasteiger partial charge in [0.1, 0.15) is 5.75 Å². The molecule has 0 spiro atoms. The average Bonchev–Trinajstić information content (AvgIpc) is 2.65. The first-order valence-corrected chi connectivity index (χ1v) is 8.77. The number of carbonyl (C=O) groups is 2. The van der Waals surface area contributed by atoms with Crippen LogP contribution in [0, 0.1) is 11.3 Å². The number of nitrogens with zero attached hydrogens (tertiary/aromatic N) is 1. The van der Waals surface area contributed by atoms with Gasteiger partial charge in [0.25, 0.3) is 5.91 Å². The molecular weight excluding hydrogens is 336 g/mol. The first-order chi connectivity index (χ1) is 12.1. The van der Waals surface area contributed by atoms with Gasteiger partial charge in [-0.1, -0.05) is 19.1 Å². The van der Waals surface area contributed by atoms with Gasteiger partial charge in [-0.15, -0.1) is 11.8 Å². The van der Waals surface area contributed by atoms with Crippen molar-refractivity contribution in [2.75, 3.05) is 17.7 Å². The van der Waals surface area contributed by atoms with Gasteiger partial charge in [0.2, 0.25) is 0 Å². The Kier molecular flexibility index (Phi) is 7.05. The van der Waals surface area contributed by atoms with Crippen molar-refractivity contribution in [1.82, 2.24) is 0 Å². The summed E-state index contributed by atoms with van der Waals surface area (Å²) in [5, 5.41) is 11.5. The molecular formula is C19H18N2O3S. The maximum absolute atomic E-state index is 12.1. The van der Waals surface area contributed by atoms with Crippen LogP contribution in [0.3, 0.4) is 0 Å². The first kappa shape index (κ1) is 18.6. The summed E-state index contributed by atoms with van der Waals surface area (Å²) in [6.07, 6.45) is 0.450. The van der Waals surface area contributed by atoms with E-state index in [1.807, 2.05) is 25.1 Å². The van der Waals surface area contributed by atoms with Crippen LogP contribution in [-0.4, -0.2) is 24.1 Å². The highest BCUT2D eigenvalue weighted by molar-refractivity contribution is 7.99. The van der Waals surface area contributed by atoms with E-state index in [1.54, 1.807) is 30.3 Å². The molecule has 0 aliphatic rings. The van der Waals surface area contributed by atoms with Crippen molar-refractivity contribution in [3.05, 3.63) is 54.1 Å². The van der Waals surface area contributed by atoms with Crippen LogP contribution in [0.25, 0.3) is 0 Å². The Balaban J connectivity index is 1.91. The summed E-state index contributed by atoms with van der Waals surface area (Å²) in [5.41, 5.74) is 1.28. The van der Waals surface area contributed by atoms with Crippen molar-refractivity contribution in [3.8, 4) is 11.8 Å². The van der Waals surface area contributed by atoms with E-state index in [9.17, 15) is 9.59 Å². The molecule has 0 fully saturated rings. The van der Waals surface area contributed by atoms with E-state index in [4.69, 9.17) is 10.00 Å². The largest absolute Gasteiger partial charge is 0.484 e. The molecule has 128 valence electrons. The molecule has 0 aromatic heterocycles. The Bertz CT molecular complexity index is 782. The lowest BCUT2D eigenvalue weighted by Gasteiger charge is -2.10. The molecule has 0 aliphatic carbocycles. The van der Waals surface area contributed by atoms with Gasteiger partial charge in [0, 0.05) is 16.9 Å². The Morgan fingerprint density at radius 1 is 1.16 bits per heavy atom. The quantitative estimate of drug-likeness (QED) is 0.574. The Labute approximate surface area is 151 Å². The minimum atomic E-state index is -0.293. The highest BCUT2D eigenvalue weighted by Gasteiger charge is 2.08. The van der Waals surface area contributed by atoms with Gasteiger partial charge in [-0.3, -0.25) is 9.59 Å². The van der Waals surface area contributed by atoms with Crippen LogP contribution in [0.4, 0.5) is 5.69 Å². The van der Waals surface area contributed by atoms with E-state index < -0.39 is 0 Å². The van der Waals surface area contributed by atoms with E-state index in [0.29, 0.717) is 29.2 Å². The third kappa shape index (κ3) is 5.66. The second-order valence-electron chi connectivity index (χ2n) is 5.08. The Hall–Kier alpha value is -2.78. The Morgan fingerprint density at radius 2 is 1.88 bits per heavy atom. The number of ketones is 1. The average molecular weight is 354 g/mol. The van der Waals surface area contributed by atoms with Gasteiger partial charge < -0.3 is 10.1 Å². The highest BCUT2D eigenvalue weighted by Crippen LogP contribution is 2.26. The summed E-state index contributed by atoms with van der Waals surface area (Å²) in [4.78, 5) is 24.5. The summed E-state index contributed by atoms with van der Waals surface area (Å²) in [6, 6.07) is 16.1. The van der Waals surface area contributed by atoms with E-state index in [2.05, 4.69) is 11.4 Å². The number of rotatable bonds is 8. The molecule has 1 N–H and O–H groups in total. The number of para-hydroxylation sites is 1. The molecule has 0 aliphatic heterocycles. The van der Waals surface area contributed by atoms with Crippen molar-refractivity contribution in [2.45, 2.75) is 18.2 Å². The Morgan fingerprint density at radius 3 is 2.56 bits per heavy atom. The van der Waals surface area contributed by atoms with Crippen LogP contribution in [0.1, 0.15) is 23.7 Å². The lowest BCUT2D eigenvalue weighted by molar-refractivity contribution is -0.118. The smallest absolute Gasteiger partial charge is 0.262 e.